The lowest BCUT2D eigenvalue weighted by molar-refractivity contribution is 0.808. The van der Waals surface area contributed by atoms with Crippen LogP contribution in [0.25, 0.3) is 16.9 Å². The van der Waals surface area contributed by atoms with Gasteiger partial charge in [-0.25, -0.2) is 4.68 Å². The molecule has 0 unspecified atom stereocenters. The summed E-state index contributed by atoms with van der Waals surface area (Å²) in [4.78, 5) is 0. The van der Waals surface area contributed by atoms with E-state index in [0.29, 0.717) is 0 Å². The molecule has 0 spiro atoms. The van der Waals surface area contributed by atoms with Crippen molar-refractivity contribution in [3.63, 3.8) is 0 Å². The summed E-state index contributed by atoms with van der Waals surface area (Å²) < 4.78 is 1.84. The zero-order valence-electron chi connectivity index (χ0n) is 11.7. The molecule has 0 amide bonds. The number of anilines is 1. The summed E-state index contributed by atoms with van der Waals surface area (Å²) in [6.45, 7) is 0. The third kappa shape index (κ3) is 2.09. The van der Waals surface area contributed by atoms with Gasteiger partial charge in [0.25, 0.3) is 0 Å². The molecule has 1 aromatic heterocycles. The monoisotopic (exact) mass is 276 g/mol. The van der Waals surface area contributed by atoms with Gasteiger partial charge in [-0.15, -0.1) is 5.10 Å². The number of benzene rings is 2. The van der Waals surface area contributed by atoms with Crippen molar-refractivity contribution in [3.05, 3.63) is 59.8 Å². The summed E-state index contributed by atoms with van der Waals surface area (Å²) in [7, 11) is 0. The van der Waals surface area contributed by atoms with Crippen LogP contribution >= 0.6 is 0 Å². The molecule has 1 aliphatic rings. The number of aryl methyl sites for hydroxylation is 2. The van der Waals surface area contributed by atoms with Gasteiger partial charge in [-0.3, -0.25) is 0 Å². The van der Waals surface area contributed by atoms with E-state index >= 15 is 0 Å². The van der Waals surface area contributed by atoms with Crippen molar-refractivity contribution < 1.29 is 0 Å². The quantitative estimate of drug-likeness (QED) is 0.732. The van der Waals surface area contributed by atoms with Crippen molar-refractivity contribution in [2.24, 2.45) is 0 Å². The van der Waals surface area contributed by atoms with E-state index in [2.05, 4.69) is 28.5 Å². The molecule has 2 aromatic carbocycles. The van der Waals surface area contributed by atoms with E-state index < -0.39 is 0 Å². The average molecular weight is 276 g/mol. The fraction of sp³-hybridized carbons (Fsp3) is 0.176. The van der Waals surface area contributed by atoms with Gasteiger partial charge in [-0.05, 0) is 54.7 Å². The number of nitrogens with zero attached hydrogens (tertiary/aromatic N) is 3. The Labute approximate surface area is 123 Å². The van der Waals surface area contributed by atoms with E-state index in [-0.39, 0.29) is 0 Å². The molecule has 0 bridgehead atoms. The van der Waals surface area contributed by atoms with Gasteiger partial charge in [0.1, 0.15) is 0 Å². The topological polar surface area (TPSA) is 56.7 Å². The fourth-order valence-electron chi connectivity index (χ4n) is 3.01. The maximum atomic E-state index is 5.87. The van der Waals surface area contributed by atoms with E-state index in [1.807, 2.05) is 28.9 Å². The molecule has 4 heteroatoms. The second-order valence-corrected chi connectivity index (χ2v) is 5.46. The van der Waals surface area contributed by atoms with E-state index in [1.165, 1.54) is 30.4 Å². The number of hydrogen-bond acceptors (Lipinski definition) is 3. The average Bonchev–Trinajstić information content (AvgIpc) is 3.15. The molecule has 1 heterocycles. The largest absolute Gasteiger partial charge is 0.399 e. The van der Waals surface area contributed by atoms with Gasteiger partial charge in [0.15, 0.2) is 0 Å². The minimum absolute atomic E-state index is 0.725. The molecule has 0 radical (unpaired) electrons. The second-order valence-electron chi connectivity index (χ2n) is 5.46. The summed E-state index contributed by atoms with van der Waals surface area (Å²) in [6, 6.07) is 14.4. The Morgan fingerprint density at radius 3 is 2.81 bits per heavy atom. The van der Waals surface area contributed by atoms with Gasteiger partial charge >= 0.3 is 0 Å². The Hall–Kier alpha value is -2.62. The van der Waals surface area contributed by atoms with Gasteiger partial charge in [0.2, 0.25) is 0 Å². The van der Waals surface area contributed by atoms with Gasteiger partial charge in [-0.1, -0.05) is 23.4 Å². The summed E-state index contributed by atoms with van der Waals surface area (Å²) in [5.41, 5.74) is 12.6. The lowest BCUT2D eigenvalue weighted by Crippen LogP contribution is -2.00. The van der Waals surface area contributed by atoms with Gasteiger partial charge in [0.05, 0.1) is 17.6 Å². The van der Waals surface area contributed by atoms with Crippen LogP contribution in [-0.4, -0.2) is 15.0 Å². The van der Waals surface area contributed by atoms with Crippen LogP contribution in [0, 0.1) is 0 Å². The highest BCUT2D eigenvalue weighted by molar-refractivity contribution is 5.64. The minimum atomic E-state index is 0.725. The SMILES string of the molecule is Nc1cccc(-n2nncc2-c2ccc3c(c2)CCC3)c1. The summed E-state index contributed by atoms with van der Waals surface area (Å²) >= 11 is 0. The second kappa shape index (κ2) is 4.74. The van der Waals surface area contributed by atoms with Crippen LogP contribution in [0.3, 0.4) is 0 Å². The standard InChI is InChI=1S/C17H16N4/c18-15-5-2-6-16(10-15)21-17(11-19-20-21)14-8-7-12-3-1-4-13(12)9-14/h2,5-11H,1,3-4,18H2. The molecule has 0 aliphatic heterocycles. The molecule has 104 valence electrons. The molecule has 21 heavy (non-hydrogen) atoms. The molecular formula is C17H16N4. The minimum Gasteiger partial charge on any atom is -0.399 e. The predicted octanol–water partition coefficient (Wildman–Crippen LogP) is 3.01. The molecule has 0 saturated heterocycles. The molecule has 0 fully saturated rings. The maximum Gasteiger partial charge on any atom is 0.0944 e. The first kappa shape index (κ1) is 12.1. The lowest BCUT2D eigenvalue weighted by Gasteiger charge is -2.08. The first-order valence-electron chi connectivity index (χ1n) is 7.20. The van der Waals surface area contributed by atoms with E-state index in [4.69, 9.17) is 5.73 Å². The number of rotatable bonds is 2. The molecular weight excluding hydrogens is 260 g/mol. The number of fused-ring (bicyclic) bond motifs is 1. The first-order chi connectivity index (χ1) is 10.3. The zero-order valence-corrected chi connectivity index (χ0v) is 11.7. The molecule has 0 atom stereocenters. The molecule has 4 nitrogen and oxygen atoms in total. The van der Waals surface area contributed by atoms with Crippen molar-refractivity contribution in [1.29, 1.82) is 0 Å². The van der Waals surface area contributed by atoms with Crippen LogP contribution in [0.1, 0.15) is 17.5 Å². The van der Waals surface area contributed by atoms with Gasteiger partial charge in [0, 0.05) is 11.3 Å². The van der Waals surface area contributed by atoms with Crippen LogP contribution in [0.2, 0.25) is 0 Å². The van der Waals surface area contributed by atoms with E-state index in [9.17, 15) is 0 Å². The Balaban J connectivity index is 1.82. The van der Waals surface area contributed by atoms with Gasteiger partial charge in [-0.2, -0.15) is 0 Å². The van der Waals surface area contributed by atoms with Crippen molar-refractivity contribution in [1.82, 2.24) is 15.0 Å². The van der Waals surface area contributed by atoms with Crippen LogP contribution in [0.5, 0.6) is 0 Å². The van der Waals surface area contributed by atoms with E-state index in [1.54, 1.807) is 6.20 Å². The fourth-order valence-corrected chi connectivity index (χ4v) is 3.01. The van der Waals surface area contributed by atoms with Crippen LogP contribution in [0.15, 0.2) is 48.7 Å². The number of nitrogens with two attached hydrogens (primary N) is 1. The molecule has 2 N–H and O–H groups in total. The summed E-state index contributed by atoms with van der Waals surface area (Å²) in [5, 5.41) is 8.28. The van der Waals surface area contributed by atoms with Gasteiger partial charge < -0.3 is 5.73 Å². The number of nitrogen functional groups attached to an aromatic ring is 1. The Kier molecular flexibility index (Phi) is 2.74. The Morgan fingerprint density at radius 1 is 1.00 bits per heavy atom. The highest BCUT2D eigenvalue weighted by Gasteiger charge is 2.14. The van der Waals surface area contributed by atoms with Crippen LogP contribution in [-0.2, 0) is 12.8 Å². The van der Waals surface area contributed by atoms with Crippen molar-refractivity contribution in [2.45, 2.75) is 19.3 Å². The number of aromatic nitrogens is 3. The zero-order chi connectivity index (χ0) is 14.2. The predicted molar refractivity (Wildman–Crippen MR) is 83.2 cm³/mol. The van der Waals surface area contributed by atoms with Crippen molar-refractivity contribution >= 4 is 5.69 Å². The number of hydrogen-bond donors (Lipinski definition) is 1. The van der Waals surface area contributed by atoms with Crippen molar-refractivity contribution in [2.75, 3.05) is 5.73 Å². The summed E-state index contributed by atoms with van der Waals surface area (Å²) in [6.07, 6.45) is 5.43. The van der Waals surface area contributed by atoms with E-state index in [0.717, 1.165) is 22.6 Å². The van der Waals surface area contributed by atoms with Crippen LogP contribution in [0.4, 0.5) is 5.69 Å². The molecule has 4 rings (SSSR count). The Bertz CT molecular complexity index is 804. The van der Waals surface area contributed by atoms with Crippen LogP contribution < -0.4 is 5.73 Å². The van der Waals surface area contributed by atoms with Crippen molar-refractivity contribution in [3.8, 4) is 16.9 Å². The normalized spacial score (nSPS) is 13.3. The Morgan fingerprint density at radius 2 is 1.90 bits per heavy atom. The maximum absolute atomic E-state index is 5.87. The summed E-state index contributed by atoms with van der Waals surface area (Å²) in [5.74, 6) is 0. The molecule has 1 aliphatic carbocycles. The smallest absolute Gasteiger partial charge is 0.0944 e. The molecule has 3 aromatic rings. The first-order valence-corrected chi connectivity index (χ1v) is 7.20. The third-order valence-electron chi connectivity index (χ3n) is 4.06. The highest BCUT2D eigenvalue weighted by atomic mass is 15.4. The highest BCUT2D eigenvalue weighted by Crippen LogP contribution is 2.28. The lowest BCUT2D eigenvalue weighted by atomic mass is 10.0. The third-order valence-corrected chi connectivity index (χ3v) is 4.06. The molecule has 0 saturated carbocycles.